The van der Waals surface area contributed by atoms with Crippen LogP contribution in [0.3, 0.4) is 0 Å². The molecule has 1 aliphatic rings. The fourth-order valence-electron chi connectivity index (χ4n) is 2.83. The summed E-state index contributed by atoms with van der Waals surface area (Å²) in [6, 6.07) is 8.65. The Morgan fingerprint density at radius 3 is 2.45 bits per heavy atom. The van der Waals surface area contributed by atoms with E-state index < -0.39 is 6.61 Å². The standard InChI is InChI=1S/C15H18F2N4O/c16-15(17)22-12-3-1-11(2-4-12)21-7-5-10(6-8-21)13-9-14(18)20-19-13/h1-4,9-10,15H,5-8H2,(H3,18,19,20). The molecule has 5 nitrogen and oxygen atoms in total. The summed E-state index contributed by atoms with van der Waals surface area (Å²) in [5.74, 6) is 1.18. The van der Waals surface area contributed by atoms with E-state index in [4.69, 9.17) is 5.73 Å². The lowest BCUT2D eigenvalue weighted by atomic mass is 9.93. The average molecular weight is 308 g/mol. The molecule has 0 aliphatic carbocycles. The zero-order valence-corrected chi connectivity index (χ0v) is 12.0. The van der Waals surface area contributed by atoms with Gasteiger partial charge >= 0.3 is 6.61 Å². The van der Waals surface area contributed by atoms with Gasteiger partial charge in [-0.1, -0.05) is 0 Å². The number of aromatic nitrogens is 2. The van der Waals surface area contributed by atoms with Crippen molar-refractivity contribution in [3.05, 3.63) is 36.0 Å². The second-order valence-corrected chi connectivity index (χ2v) is 5.38. The summed E-state index contributed by atoms with van der Waals surface area (Å²) in [7, 11) is 0. The van der Waals surface area contributed by atoms with Crippen molar-refractivity contribution in [2.45, 2.75) is 25.4 Å². The molecule has 0 radical (unpaired) electrons. The number of piperidine rings is 1. The van der Waals surface area contributed by atoms with Gasteiger partial charge in [-0.25, -0.2) is 0 Å². The molecule has 0 atom stereocenters. The quantitative estimate of drug-likeness (QED) is 0.911. The lowest BCUT2D eigenvalue weighted by Gasteiger charge is -2.33. The maximum Gasteiger partial charge on any atom is 0.387 e. The molecule has 2 heterocycles. The zero-order chi connectivity index (χ0) is 15.5. The van der Waals surface area contributed by atoms with E-state index in [0.717, 1.165) is 37.3 Å². The van der Waals surface area contributed by atoms with Gasteiger partial charge in [0.2, 0.25) is 0 Å². The minimum Gasteiger partial charge on any atom is -0.435 e. The molecule has 1 aliphatic heterocycles. The van der Waals surface area contributed by atoms with Crippen LogP contribution < -0.4 is 15.4 Å². The van der Waals surface area contributed by atoms with Gasteiger partial charge in [-0.05, 0) is 37.1 Å². The first-order chi connectivity index (χ1) is 10.6. The molecule has 3 N–H and O–H groups in total. The summed E-state index contributed by atoms with van der Waals surface area (Å²) in [6.07, 6.45) is 1.97. The minimum absolute atomic E-state index is 0.181. The third kappa shape index (κ3) is 3.29. The van der Waals surface area contributed by atoms with Gasteiger partial charge in [0.05, 0.1) is 5.69 Å². The Labute approximate surface area is 127 Å². The SMILES string of the molecule is Nc1cc(C2CCN(c3ccc(OC(F)F)cc3)CC2)n[nH]1. The van der Waals surface area contributed by atoms with Gasteiger partial charge in [0.25, 0.3) is 0 Å². The van der Waals surface area contributed by atoms with Gasteiger partial charge in [-0.15, -0.1) is 0 Å². The van der Waals surface area contributed by atoms with Crippen molar-refractivity contribution in [2.24, 2.45) is 0 Å². The number of benzene rings is 1. The lowest BCUT2D eigenvalue weighted by Crippen LogP contribution is -2.32. The van der Waals surface area contributed by atoms with E-state index in [1.54, 1.807) is 12.1 Å². The second kappa shape index (κ2) is 6.21. The van der Waals surface area contributed by atoms with Crippen molar-refractivity contribution in [2.75, 3.05) is 23.7 Å². The predicted octanol–water partition coefficient (Wildman–Crippen LogP) is 2.98. The molecule has 3 rings (SSSR count). The van der Waals surface area contributed by atoms with E-state index in [-0.39, 0.29) is 5.75 Å². The molecular weight excluding hydrogens is 290 g/mol. The lowest BCUT2D eigenvalue weighted by molar-refractivity contribution is -0.0498. The third-order valence-corrected chi connectivity index (χ3v) is 3.96. The summed E-state index contributed by atoms with van der Waals surface area (Å²) < 4.78 is 28.6. The normalized spacial score (nSPS) is 16.2. The number of nitrogens with one attached hydrogen (secondary N) is 1. The molecular formula is C15H18F2N4O. The fourth-order valence-corrected chi connectivity index (χ4v) is 2.83. The van der Waals surface area contributed by atoms with E-state index >= 15 is 0 Å². The highest BCUT2D eigenvalue weighted by molar-refractivity contribution is 5.49. The van der Waals surface area contributed by atoms with Crippen molar-refractivity contribution in [1.82, 2.24) is 10.2 Å². The molecule has 0 unspecified atom stereocenters. The van der Waals surface area contributed by atoms with Crippen LogP contribution in [0, 0.1) is 0 Å². The summed E-state index contributed by atoms with van der Waals surface area (Å²) in [6.45, 7) is -0.998. The molecule has 1 aromatic heterocycles. The molecule has 2 aromatic rings. The Morgan fingerprint density at radius 2 is 1.91 bits per heavy atom. The van der Waals surface area contributed by atoms with E-state index in [1.807, 2.05) is 18.2 Å². The molecule has 22 heavy (non-hydrogen) atoms. The van der Waals surface area contributed by atoms with E-state index in [9.17, 15) is 8.78 Å². The topological polar surface area (TPSA) is 67.2 Å². The number of ether oxygens (including phenoxy) is 1. The van der Waals surface area contributed by atoms with Gasteiger partial charge in [0, 0.05) is 30.8 Å². The average Bonchev–Trinajstić information content (AvgIpc) is 2.94. The van der Waals surface area contributed by atoms with Crippen LogP contribution in [0.4, 0.5) is 20.3 Å². The van der Waals surface area contributed by atoms with Crippen LogP contribution in [0.25, 0.3) is 0 Å². The van der Waals surface area contributed by atoms with Crippen LogP contribution in [0.1, 0.15) is 24.5 Å². The van der Waals surface area contributed by atoms with Crippen LogP contribution in [0.5, 0.6) is 5.75 Å². The fraction of sp³-hybridized carbons (Fsp3) is 0.400. The number of nitrogen functional groups attached to an aromatic ring is 1. The van der Waals surface area contributed by atoms with Crippen LogP contribution in [0.15, 0.2) is 30.3 Å². The van der Waals surface area contributed by atoms with Crippen LogP contribution in [0.2, 0.25) is 0 Å². The predicted molar refractivity (Wildman–Crippen MR) is 80.3 cm³/mol. The number of hydrogen-bond acceptors (Lipinski definition) is 4. The number of nitrogens with zero attached hydrogens (tertiary/aromatic N) is 2. The number of alkyl halides is 2. The molecule has 0 bridgehead atoms. The number of rotatable bonds is 4. The van der Waals surface area contributed by atoms with Gasteiger partial charge < -0.3 is 15.4 Å². The van der Waals surface area contributed by atoms with Gasteiger partial charge in [-0.2, -0.15) is 13.9 Å². The first-order valence-corrected chi connectivity index (χ1v) is 7.22. The number of hydrogen-bond donors (Lipinski definition) is 2. The molecule has 7 heteroatoms. The van der Waals surface area contributed by atoms with Gasteiger partial charge in [-0.3, -0.25) is 5.10 Å². The van der Waals surface area contributed by atoms with E-state index in [2.05, 4.69) is 19.8 Å². The summed E-state index contributed by atoms with van der Waals surface area (Å²) in [5, 5.41) is 6.99. The maximum absolute atomic E-state index is 12.1. The van der Waals surface area contributed by atoms with E-state index in [1.165, 1.54) is 0 Å². The highest BCUT2D eigenvalue weighted by Crippen LogP contribution is 2.30. The molecule has 118 valence electrons. The smallest absolute Gasteiger partial charge is 0.387 e. The Bertz CT molecular complexity index is 606. The number of halogens is 2. The first kappa shape index (κ1) is 14.6. The molecule has 1 fully saturated rings. The number of nitrogens with two attached hydrogens (primary N) is 1. The molecule has 0 amide bonds. The number of aromatic amines is 1. The zero-order valence-electron chi connectivity index (χ0n) is 12.0. The van der Waals surface area contributed by atoms with Crippen LogP contribution in [-0.2, 0) is 0 Å². The largest absolute Gasteiger partial charge is 0.435 e. The van der Waals surface area contributed by atoms with Crippen molar-refractivity contribution < 1.29 is 13.5 Å². The van der Waals surface area contributed by atoms with Crippen molar-refractivity contribution in [1.29, 1.82) is 0 Å². The highest BCUT2D eigenvalue weighted by Gasteiger charge is 2.22. The van der Waals surface area contributed by atoms with Crippen LogP contribution >= 0.6 is 0 Å². The summed E-state index contributed by atoms with van der Waals surface area (Å²) >= 11 is 0. The van der Waals surface area contributed by atoms with Crippen LogP contribution in [-0.4, -0.2) is 29.9 Å². The van der Waals surface area contributed by atoms with Gasteiger partial charge in [0.1, 0.15) is 11.6 Å². The molecule has 0 spiro atoms. The third-order valence-electron chi connectivity index (χ3n) is 3.96. The van der Waals surface area contributed by atoms with E-state index in [0.29, 0.717) is 11.7 Å². The minimum atomic E-state index is -2.79. The van der Waals surface area contributed by atoms with Crippen molar-refractivity contribution >= 4 is 11.5 Å². The van der Waals surface area contributed by atoms with Crippen molar-refractivity contribution in [3.8, 4) is 5.75 Å². The summed E-state index contributed by atoms with van der Waals surface area (Å²) in [5.41, 5.74) is 7.69. The number of H-pyrrole nitrogens is 1. The Kier molecular flexibility index (Phi) is 4.13. The summed E-state index contributed by atoms with van der Waals surface area (Å²) in [4.78, 5) is 2.23. The highest BCUT2D eigenvalue weighted by atomic mass is 19.3. The van der Waals surface area contributed by atoms with Crippen molar-refractivity contribution in [3.63, 3.8) is 0 Å². The second-order valence-electron chi connectivity index (χ2n) is 5.38. The molecule has 1 saturated heterocycles. The Balaban J connectivity index is 1.59. The molecule has 1 aromatic carbocycles. The monoisotopic (exact) mass is 308 g/mol. The molecule has 0 saturated carbocycles. The maximum atomic E-state index is 12.1. The number of anilines is 2. The Hall–Kier alpha value is -2.31. The first-order valence-electron chi connectivity index (χ1n) is 7.22. The Morgan fingerprint density at radius 1 is 1.23 bits per heavy atom. The van der Waals surface area contributed by atoms with Gasteiger partial charge in [0.15, 0.2) is 0 Å².